The average Bonchev–Trinajstić information content (AvgIpc) is 3.56. The quantitative estimate of drug-likeness (QED) is 0.142. The Labute approximate surface area is 286 Å². The molecule has 5 heteroatoms. The van der Waals surface area contributed by atoms with E-state index in [2.05, 4.69) is 96.2 Å². The number of hydrogen-bond donors (Lipinski definition) is 0. The third-order valence-electron chi connectivity index (χ3n) is 8.54. The molecular weight excluding hydrogens is 780 g/mol. The van der Waals surface area contributed by atoms with Crippen LogP contribution in [-0.2, 0) is 22.7 Å². The molecule has 0 spiro atoms. The number of ether oxygens (including phenoxy) is 1. The topological polar surface area (TPSA) is 9.23 Å². The summed E-state index contributed by atoms with van der Waals surface area (Å²) in [6, 6.07) is 38.3. The third kappa shape index (κ3) is 6.21. The van der Waals surface area contributed by atoms with Gasteiger partial charge in [0.15, 0.2) is 0 Å². The number of halogens is 2. The van der Waals surface area contributed by atoms with Crippen molar-refractivity contribution >= 4 is 45.6 Å². The van der Waals surface area contributed by atoms with Crippen molar-refractivity contribution in [2.24, 2.45) is 0 Å². The van der Waals surface area contributed by atoms with Crippen LogP contribution >= 0.6 is 7.26 Å². The Bertz CT molecular complexity index is 1980. The van der Waals surface area contributed by atoms with Crippen LogP contribution in [0, 0.1) is 16.0 Å². The predicted molar refractivity (Wildman–Crippen MR) is 192 cm³/mol. The van der Waals surface area contributed by atoms with Gasteiger partial charge in [-0.25, -0.2) is 0 Å². The van der Waals surface area contributed by atoms with Crippen LogP contribution in [0.15, 0.2) is 150 Å². The molecule has 0 saturated carbocycles. The normalized spacial score (nSPS) is 15.8. The molecule has 6 rings (SSSR count). The van der Waals surface area contributed by atoms with E-state index in [1.54, 1.807) is 54.4 Å². The van der Waals surface area contributed by atoms with Crippen LogP contribution in [0.25, 0.3) is 22.4 Å². The molecule has 0 bridgehead atoms. The summed E-state index contributed by atoms with van der Waals surface area (Å²) >= 11 is 1.66. The molecule has 235 valence electrons. The predicted octanol–water partition coefficient (Wildman–Crippen LogP) is 9.66. The van der Waals surface area contributed by atoms with E-state index >= 15 is 8.78 Å². The molecule has 1 aliphatic heterocycles. The maximum atomic E-state index is 17.1. The molecule has 1 heterocycles. The standard InChI is InChI=1S/C42H35F2OP.Os/c1-4-15-31-23-24-38-37(41(31)43)25-26-39(42(38)44)40(27-33-29-45-28-32(33)16-5-2)30(3)46(34-17-9-6-10-18-34,35-19-11-7-12-20-35)36-21-13-8-14-22-36;/h4,6-27H,5,28-29H2,1-2H3;/q+1;/b15-4+,32-16?,33-27?,40-30?;. The first kappa shape index (κ1) is 32.9. The molecule has 1 nitrogen and oxygen atoms in total. The summed E-state index contributed by atoms with van der Waals surface area (Å²) in [5.74, 6) is -0.883. The van der Waals surface area contributed by atoms with Crippen molar-refractivity contribution in [3.63, 3.8) is 0 Å². The number of benzene rings is 5. The third-order valence-corrected chi connectivity index (χ3v) is 13.9. The summed E-state index contributed by atoms with van der Waals surface area (Å²) in [6.45, 7) is 4.89. The summed E-state index contributed by atoms with van der Waals surface area (Å²) in [5.41, 5.74) is 3.69. The van der Waals surface area contributed by atoms with Crippen molar-refractivity contribution in [3.05, 3.63) is 173 Å². The Balaban J connectivity index is 1.80. The molecule has 0 aromatic heterocycles. The molecule has 5 aromatic carbocycles. The summed E-state index contributed by atoms with van der Waals surface area (Å²) in [5, 5.41) is 4.83. The fourth-order valence-electron chi connectivity index (χ4n) is 6.42. The second-order valence-electron chi connectivity index (χ2n) is 11.3. The molecule has 0 amide bonds. The van der Waals surface area contributed by atoms with Gasteiger partial charge in [0, 0.05) is 0 Å². The SMILES string of the molecule is C/C=C/c1ccc2c(F)c(C(C=C3COCC3=CCC)=C([C]#[Os])[P+](c3ccccc3)(c3ccccc3)c3ccccc3)ccc2c1F. The van der Waals surface area contributed by atoms with Gasteiger partial charge >= 0.3 is 288 Å². The van der Waals surface area contributed by atoms with Gasteiger partial charge in [-0.3, -0.25) is 0 Å². The van der Waals surface area contributed by atoms with Gasteiger partial charge < -0.3 is 0 Å². The van der Waals surface area contributed by atoms with Crippen LogP contribution in [0.2, 0.25) is 0 Å². The number of rotatable bonds is 8. The van der Waals surface area contributed by atoms with Crippen LogP contribution in [0.5, 0.6) is 0 Å². The Hall–Kier alpha value is -4.01. The molecule has 0 radical (unpaired) electrons. The fourth-order valence-corrected chi connectivity index (χ4v) is 12.2. The van der Waals surface area contributed by atoms with E-state index in [1.165, 1.54) is 0 Å². The summed E-state index contributed by atoms with van der Waals surface area (Å²) in [4.78, 5) is 0. The van der Waals surface area contributed by atoms with E-state index in [0.29, 0.717) is 24.3 Å². The molecule has 0 unspecified atom stereocenters. The van der Waals surface area contributed by atoms with Crippen molar-refractivity contribution in [2.45, 2.75) is 20.3 Å². The van der Waals surface area contributed by atoms with Crippen molar-refractivity contribution in [1.29, 1.82) is 0 Å². The van der Waals surface area contributed by atoms with Gasteiger partial charge in [-0.1, -0.05) is 0 Å². The second kappa shape index (κ2) is 14.8. The second-order valence-corrected chi connectivity index (χ2v) is 15.3. The zero-order valence-electron chi connectivity index (χ0n) is 26.4. The van der Waals surface area contributed by atoms with E-state index in [0.717, 1.165) is 44.4 Å². The molecule has 0 atom stereocenters. The van der Waals surface area contributed by atoms with Gasteiger partial charge in [-0.15, -0.1) is 0 Å². The number of fused-ring (bicyclic) bond motifs is 1. The Morgan fingerprint density at radius 2 is 1.28 bits per heavy atom. The monoisotopic (exact) mass is 816 g/mol. The van der Waals surface area contributed by atoms with Crippen LogP contribution < -0.4 is 15.9 Å². The summed E-state index contributed by atoms with van der Waals surface area (Å²) < 4.78 is 42.4. The van der Waals surface area contributed by atoms with Gasteiger partial charge in [-0.2, -0.15) is 0 Å². The Morgan fingerprint density at radius 3 is 1.81 bits per heavy atom. The summed E-state index contributed by atoms with van der Waals surface area (Å²) in [7, 11) is -2.66. The number of hydrogen-bond acceptors (Lipinski definition) is 1. The van der Waals surface area contributed by atoms with Crippen LogP contribution in [0.3, 0.4) is 0 Å². The number of allylic oxidation sites excluding steroid dienone is 5. The zero-order chi connectivity index (χ0) is 32.8. The maximum absolute atomic E-state index is 17.1. The Morgan fingerprint density at radius 1 is 0.745 bits per heavy atom. The van der Waals surface area contributed by atoms with E-state index in [4.69, 9.17) is 4.74 Å². The molecule has 47 heavy (non-hydrogen) atoms. The van der Waals surface area contributed by atoms with Crippen molar-refractivity contribution < 1.29 is 31.5 Å². The minimum absolute atomic E-state index is 0.247. The van der Waals surface area contributed by atoms with Gasteiger partial charge in [0.05, 0.1) is 0 Å². The molecule has 1 saturated heterocycles. The van der Waals surface area contributed by atoms with Crippen LogP contribution in [0.1, 0.15) is 31.4 Å². The fraction of sp³-hybridized carbons (Fsp3) is 0.119. The first-order chi connectivity index (χ1) is 23.0. The molecule has 5 aromatic rings. The van der Waals surface area contributed by atoms with E-state index in [9.17, 15) is 0 Å². The molecule has 1 fully saturated rings. The van der Waals surface area contributed by atoms with Gasteiger partial charge in [0.2, 0.25) is 0 Å². The first-order valence-corrected chi connectivity index (χ1v) is 18.8. The zero-order valence-corrected chi connectivity index (χ0v) is 29.8. The van der Waals surface area contributed by atoms with Crippen molar-refractivity contribution in [2.75, 3.05) is 13.2 Å². The first-order valence-electron chi connectivity index (χ1n) is 15.7. The van der Waals surface area contributed by atoms with Gasteiger partial charge in [0.1, 0.15) is 0 Å². The average molecular weight is 815 g/mol. The molecule has 1 aliphatic rings. The van der Waals surface area contributed by atoms with Crippen molar-refractivity contribution in [3.8, 4) is 4.37 Å². The minimum atomic E-state index is -2.66. The molecular formula is C42H35F2OOsP+. The molecule has 0 N–H and O–H groups in total. The van der Waals surface area contributed by atoms with E-state index in [1.807, 2.05) is 25.1 Å². The van der Waals surface area contributed by atoms with Crippen LogP contribution in [0.4, 0.5) is 8.78 Å². The van der Waals surface area contributed by atoms with Gasteiger partial charge in [-0.05, 0) is 0 Å². The van der Waals surface area contributed by atoms with E-state index < -0.39 is 18.9 Å². The van der Waals surface area contributed by atoms with Gasteiger partial charge in [0.25, 0.3) is 0 Å². The Kier molecular flexibility index (Phi) is 10.4. The van der Waals surface area contributed by atoms with Crippen LogP contribution in [-0.4, -0.2) is 13.2 Å². The van der Waals surface area contributed by atoms with Crippen molar-refractivity contribution in [1.82, 2.24) is 0 Å². The van der Waals surface area contributed by atoms with E-state index in [-0.39, 0.29) is 10.8 Å². The summed E-state index contributed by atoms with van der Waals surface area (Å²) in [6.07, 6.45) is 8.63. The molecule has 0 aliphatic carbocycles.